The van der Waals surface area contributed by atoms with Gasteiger partial charge in [-0.2, -0.15) is 0 Å². The average Bonchev–Trinajstić information content (AvgIpc) is 2.85. The van der Waals surface area contributed by atoms with Crippen LogP contribution in [0.4, 0.5) is 0 Å². The summed E-state index contributed by atoms with van der Waals surface area (Å²) in [6.45, 7) is 0. The van der Waals surface area contributed by atoms with Crippen LogP contribution in [0.15, 0.2) is 62.6 Å². The summed E-state index contributed by atoms with van der Waals surface area (Å²) in [5, 5.41) is 0.429. The summed E-state index contributed by atoms with van der Waals surface area (Å²) in [6, 6.07) is 14.8. The number of hydrogen-bond acceptors (Lipinski definition) is 4. The second kappa shape index (κ2) is 5.40. The number of fused-ring (bicyclic) bond motifs is 2. The fraction of sp³-hybridized carbons (Fsp3) is 0. The zero-order valence-corrected chi connectivity index (χ0v) is 14.1. The summed E-state index contributed by atoms with van der Waals surface area (Å²) < 4.78 is 2.42. The van der Waals surface area contributed by atoms with Gasteiger partial charge in [0.15, 0.2) is 0 Å². The molecule has 0 fully saturated rings. The normalized spacial score (nSPS) is 12.3. The van der Waals surface area contributed by atoms with Crippen LogP contribution in [0.5, 0.6) is 0 Å². The number of nitrogens with zero attached hydrogens (tertiary/aromatic N) is 2. The van der Waals surface area contributed by atoms with Gasteiger partial charge in [0, 0.05) is 4.47 Å². The van der Waals surface area contributed by atoms with E-state index in [1.54, 1.807) is 18.2 Å². The number of rotatable bonds is 1. The molecular weight excluding hydrogens is 376 g/mol. The van der Waals surface area contributed by atoms with E-state index in [-0.39, 0.29) is 11.1 Å². The van der Waals surface area contributed by atoms with Crippen molar-refractivity contribution in [1.29, 1.82) is 0 Å². The Balaban J connectivity index is 2.11. The van der Waals surface area contributed by atoms with Crippen molar-refractivity contribution in [3.63, 3.8) is 0 Å². The third-order valence-electron chi connectivity index (χ3n) is 3.51. The summed E-state index contributed by atoms with van der Waals surface area (Å²) >= 11 is 4.56. The molecule has 4 aromatic rings. The molecule has 0 atom stereocenters. The lowest BCUT2D eigenvalue weighted by Crippen LogP contribution is -2.31. The van der Waals surface area contributed by atoms with Gasteiger partial charge >= 0.3 is 0 Å². The highest BCUT2D eigenvalue weighted by Crippen LogP contribution is 2.16. The second-order valence-electron chi connectivity index (χ2n) is 5.02. The second-order valence-corrected chi connectivity index (χ2v) is 6.95. The van der Waals surface area contributed by atoms with Gasteiger partial charge in [-0.05, 0) is 29.8 Å². The maximum Gasteiger partial charge on any atom is 0.277 e. The predicted octanol–water partition coefficient (Wildman–Crippen LogP) is 2.58. The van der Waals surface area contributed by atoms with Crippen LogP contribution < -0.4 is 15.7 Å². The summed E-state index contributed by atoms with van der Waals surface area (Å²) in [5.41, 5.74) is 0.843. The van der Waals surface area contributed by atoms with E-state index in [4.69, 9.17) is 0 Å². The molecule has 0 saturated carbocycles. The first-order valence-electron chi connectivity index (χ1n) is 6.85. The predicted molar refractivity (Wildman–Crippen MR) is 96.0 cm³/mol. The van der Waals surface area contributed by atoms with E-state index in [1.807, 2.05) is 36.4 Å². The molecule has 4 rings (SSSR count). The monoisotopic (exact) mass is 384 g/mol. The molecule has 23 heavy (non-hydrogen) atoms. The van der Waals surface area contributed by atoms with E-state index in [2.05, 4.69) is 20.9 Å². The molecule has 2 aromatic carbocycles. The Hall–Kier alpha value is -2.31. The van der Waals surface area contributed by atoms with Crippen molar-refractivity contribution < 1.29 is 0 Å². The molecular formula is C17H9BrN2O2S. The van der Waals surface area contributed by atoms with E-state index in [1.165, 1.54) is 11.3 Å². The van der Waals surface area contributed by atoms with Crippen molar-refractivity contribution in [3.8, 4) is 0 Å². The minimum absolute atomic E-state index is 0.326. The van der Waals surface area contributed by atoms with Crippen LogP contribution in [0.2, 0.25) is 0 Å². The third-order valence-corrected chi connectivity index (χ3v) is 4.97. The van der Waals surface area contributed by atoms with Crippen molar-refractivity contribution in [2.75, 3.05) is 0 Å². The van der Waals surface area contributed by atoms with Crippen molar-refractivity contribution in [2.45, 2.75) is 0 Å². The third kappa shape index (κ3) is 2.40. The van der Waals surface area contributed by atoms with Crippen LogP contribution in [0.1, 0.15) is 5.56 Å². The van der Waals surface area contributed by atoms with Crippen molar-refractivity contribution >= 4 is 49.2 Å². The molecule has 4 nitrogen and oxygen atoms in total. The van der Waals surface area contributed by atoms with E-state index < -0.39 is 0 Å². The minimum Gasteiger partial charge on any atom is -0.268 e. The van der Waals surface area contributed by atoms with Crippen LogP contribution >= 0.6 is 27.3 Å². The molecule has 0 aliphatic carbocycles. The molecule has 0 aliphatic heterocycles. The maximum absolute atomic E-state index is 12.6. The van der Waals surface area contributed by atoms with Gasteiger partial charge in [-0.25, -0.2) is 9.38 Å². The molecule has 0 aliphatic rings. The molecule has 6 heteroatoms. The molecule has 0 N–H and O–H groups in total. The quantitative estimate of drug-likeness (QED) is 0.506. The van der Waals surface area contributed by atoms with E-state index >= 15 is 0 Å². The van der Waals surface area contributed by atoms with E-state index in [0.29, 0.717) is 20.4 Å². The molecule has 0 bridgehead atoms. The zero-order chi connectivity index (χ0) is 16.0. The standard InChI is InChI=1S/C17H9BrN2O2S/c18-11-6-7-13-12(9-11)15(21)20-16(22)14(23-17(20)19-13)8-10-4-2-1-3-5-10/h1-9H/b14-8-. The topological polar surface area (TPSA) is 51.4 Å². The first kappa shape index (κ1) is 14.3. The highest BCUT2D eigenvalue weighted by Gasteiger charge is 2.11. The number of halogens is 1. The Labute approximate surface area is 142 Å². The van der Waals surface area contributed by atoms with Crippen LogP contribution in [0.3, 0.4) is 0 Å². The number of aromatic nitrogens is 2. The smallest absolute Gasteiger partial charge is 0.268 e. The van der Waals surface area contributed by atoms with Crippen molar-refractivity contribution in [2.24, 2.45) is 0 Å². The van der Waals surface area contributed by atoms with Gasteiger partial charge in [0.1, 0.15) is 0 Å². The lowest BCUT2D eigenvalue weighted by Gasteiger charge is -1.97. The van der Waals surface area contributed by atoms with E-state index in [0.717, 1.165) is 14.4 Å². The highest BCUT2D eigenvalue weighted by atomic mass is 79.9. The van der Waals surface area contributed by atoms with Gasteiger partial charge in [-0.15, -0.1) is 0 Å². The number of benzene rings is 2. The first-order valence-corrected chi connectivity index (χ1v) is 8.46. The Morgan fingerprint density at radius 1 is 1.04 bits per heavy atom. The first-order chi connectivity index (χ1) is 11.1. The largest absolute Gasteiger partial charge is 0.277 e. The summed E-state index contributed by atoms with van der Waals surface area (Å²) in [5.74, 6) is 0. The van der Waals surface area contributed by atoms with Crippen molar-refractivity contribution in [3.05, 3.63) is 83.8 Å². The Morgan fingerprint density at radius 2 is 1.83 bits per heavy atom. The Bertz CT molecular complexity index is 1210. The molecule has 0 radical (unpaired) electrons. The SMILES string of the molecule is O=c1/c(=C/c2ccccc2)sc2nc3ccc(Br)cc3c(=O)n12. The lowest BCUT2D eigenvalue weighted by atomic mass is 10.2. The Morgan fingerprint density at radius 3 is 2.61 bits per heavy atom. The minimum atomic E-state index is -0.333. The Kier molecular flexibility index (Phi) is 3.36. The van der Waals surface area contributed by atoms with Gasteiger partial charge in [0.05, 0.1) is 15.4 Å². The van der Waals surface area contributed by atoms with Gasteiger partial charge in [0.2, 0.25) is 4.96 Å². The molecule has 0 spiro atoms. The fourth-order valence-corrected chi connectivity index (χ4v) is 3.76. The van der Waals surface area contributed by atoms with Gasteiger partial charge < -0.3 is 0 Å². The summed E-state index contributed by atoms with van der Waals surface area (Å²) in [7, 11) is 0. The summed E-state index contributed by atoms with van der Waals surface area (Å²) in [6.07, 6.45) is 1.78. The molecule has 112 valence electrons. The average molecular weight is 385 g/mol. The fourth-order valence-electron chi connectivity index (χ4n) is 2.43. The van der Waals surface area contributed by atoms with Crippen LogP contribution in [-0.4, -0.2) is 9.38 Å². The summed E-state index contributed by atoms with van der Waals surface area (Å²) in [4.78, 5) is 30.1. The number of hydrogen-bond donors (Lipinski definition) is 0. The molecule has 2 heterocycles. The number of thiazole rings is 1. The van der Waals surface area contributed by atoms with Crippen LogP contribution in [0.25, 0.3) is 21.9 Å². The van der Waals surface area contributed by atoms with Gasteiger partial charge in [0.25, 0.3) is 11.1 Å². The molecule has 2 aromatic heterocycles. The van der Waals surface area contributed by atoms with Gasteiger partial charge in [-0.3, -0.25) is 9.59 Å². The van der Waals surface area contributed by atoms with E-state index in [9.17, 15) is 9.59 Å². The van der Waals surface area contributed by atoms with Crippen LogP contribution in [0, 0.1) is 0 Å². The molecule has 0 unspecified atom stereocenters. The van der Waals surface area contributed by atoms with Crippen LogP contribution in [-0.2, 0) is 0 Å². The van der Waals surface area contributed by atoms with Gasteiger partial charge in [-0.1, -0.05) is 57.6 Å². The molecule has 0 amide bonds. The lowest BCUT2D eigenvalue weighted by molar-refractivity contribution is 1.05. The zero-order valence-electron chi connectivity index (χ0n) is 11.7. The highest BCUT2D eigenvalue weighted by molar-refractivity contribution is 9.10. The molecule has 0 saturated heterocycles. The van der Waals surface area contributed by atoms with Crippen molar-refractivity contribution in [1.82, 2.24) is 9.38 Å². The maximum atomic E-state index is 12.6.